The molecule has 2 heterocycles. The van der Waals surface area contributed by atoms with Gasteiger partial charge in [0.1, 0.15) is 17.8 Å². The largest absolute Gasteiger partial charge is 0.383 e. The Kier molecular flexibility index (Phi) is 3.91. The molecule has 1 fully saturated rings. The van der Waals surface area contributed by atoms with E-state index in [0.29, 0.717) is 33.8 Å². The van der Waals surface area contributed by atoms with Gasteiger partial charge in [-0.15, -0.1) is 0 Å². The highest BCUT2D eigenvalue weighted by molar-refractivity contribution is 6.18. The van der Waals surface area contributed by atoms with Crippen molar-refractivity contribution in [1.82, 2.24) is 14.5 Å². The van der Waals surface area contributed by atoms with Gasteiger partial charge in [-0.05, 0) is 25.0 Å². The average molecular weight is 349 g/mol. The minimum atomic E-state index is -0.573. The summed E-state index contributed by atoms with van der Waals surface area (Å²) in [5.74, 6) is -0.520. The summed E-state index contributed by atoms with van der Waals surface area (Å²) in [6.45, 7) is 0. The Bertz CT molecular complexity index is 1020. The van der Waals surface area contributed by atoms with Gasteiger partial charge in [0.25, 0.3) is 0 Å². The van der Waals surface area contributed by atoms with E-state index < -0.39 is 5.91 Å². The van der Waals surface area contributed by atoms with E-state index in [-0.39, 0.29) is 11.6 Å². The number of nitrogens with zero attached hydrogens (tertiary/aromatic N) is 3. The van der Waals surface area contributed by atoms with Crippen LogP contribution in [0.4, 0.5) is 5.82 Å². The molecule has 0 spiro atoms. The van der Waals surface area contributed by atoms with Crippen LogP contribution in [0.2, 0.25) is 0 Å². The van der Waals surface area contributed by atoms with Crippen molar-refractivity contribution >= 4 is 28.5 Å². The highest BCUT2D eigenvalue weighted by atomic mass is 16.1. The SMILES string of the molecule is NC(=O)c1cccc(C(=O)c2cn(C3CCCC3)c3ncnc(N)c23)c1. The molecule has 4 N–H and O–H groups in total. The molecule has 4 rings (SSSR count). The van der Waals surface area contributed by atoms with Crippen LogP contribution in [-0.2, 0) is 0 Å². The molecular weight excluding hydrogens is 330 g/mol. The number of nitrogens with two attached hydrogens (primary N) is 2. The number of rotatable bonds is 4. The molecule has 0 atom stereocenters. The standard InChI is InChI=1S/C19H19N5O2/c20-17-15-14(16(25)11-4-3-5-12(8-11)18(21)26)9-24(13-6-1-2-7-13)19(15)23-10-22-17/h3-5,8-10,13H,1-2,6-7H2,(H2,21,26)(H2,20,22,23). The van der Waals surface area contributed by atoms with Crippen molar-refractivity contribution < 1.29 is 9.59 Å². The number of carbonyl (C=O) groups is 2. The number of carbonyl (C=O) groups excluding carboxylic acids is 2. The Hall–Kier alpha value is -3.22. The maximum Gasteiger partial charge on any atom is 0.248 e. The van der Waals surface area contributed by atoms with Gasteiger partial charge in [-0.25, -0.2) is 9.97 Å². The quantitative estimate of drug-likeness (QED) is 0.702. The molecule has 1 aromatic carbocycles. The van der Waals surface area contributed by atoms with Crippen molar-refractivity contribution in [2.45, 2.75) is 31.7 Å². The van der Waals surface area contributed by atoms with E-state index in [1.807, 2.05) is 10.8 Å². The van der Waals surface area contributed by atoms with Crippen LogP contribution >= 0.6 is 0 Å². The third-order valence-corrected chi connectivity index (χ3v) is 5.01. The van der Waals surface area contributed by atoms with Gasteiger partial charge in [0, 0.05) is 23.4 Å². The van der Waals surface area contributed by atoms with E-state index in [1.165, 1.54) is 12.4 Å². The second-order valence-corrected chi connectivity index (χ2v) is 6.62. The molecule has 26 heavy (non-hydrogen) atoms. The molecule has 1 aliphatic carbocycles. The molecule has 0 unspecified atom stereocenters. The van der Waals surface area contributed by atoms with Gasteiger partial charge < -0.3 is 16.0 Å². The van der Waals surface area contributed by atoms with Crippen LogP contribution in [-0.4, -0.2) is 26.2 Å². The van der Waals surface area contributed by atoms with Gasteiger partial charge in [0.05, 0.1) is 10.9 Å². The molecule has 0 radical (unpaired) electrons. The van der Waals surface area contributed by atoms with E-state index in [0.717, 1.165) is 25.7 Å². The summed E-state index contributed by atoms with van der Waals surface area (Å²) in [5.41, 5.74) is 13.2. The Morgan fingerprint density at radius 1 is 1.12 bits per heavy atom. The van der Waals surface area contributed by atoms with Crippen molar-refractivity contribution in [1.29, 1.82) is 0 Å². The molecule has 2 aromatic heterocycles. The summed E-state index contributed by atoms with van der Waals surface area (Å²) in [5, 5.41) is 0.564. The van der Waals surface area contributed by atoms with Crippen molar-refractivity contribution in [2.24, 2.45) is 5.73 Å². The number of primary amides is 1. The van der Waals surface area contributed by atoms with Crippen molar-refractivity contribution in [2.75, 3.05) is 5.73 Å². The van der Waals surface area contributed by atoms with Gasteiger partial charge in [-0.3, -0.25) is 9.59 Å². The monoisotopic (exact) mass is 349 g/mol. The number of ketones is 1. The summed E-state index contributed by atoms with van der Waals surface area (Å²) in [4.78, 5) is 33.0. The number of fused-ring (bicyclic) bond motifs is 1. The highest BCUT2D eigenvalue weighted by Gasteiger charge is 2.25. The van der Waals surface area contributed by atoms with Crippen LogP contribution < -0.4 is 11.5 Å². The lowest BCUT2D eigenvalue weighted by atomic mass is 10.0. The zero-order valence-corrected chi connectivity index (χ0v) is 14.2. The van der Waals surface area contributed by atoms with E-state index in [9.17, 15) is 9.59 Å². The lowest BCUT2D eigenvalue weighted by Crippen LogP contribution is -2.12. The minimum absolute atomic E-state index is 0.226. The normalized spacial score (nSPS) is 14.8. The summed E-state index contributed by atoms with van der Waals surface area (Å²) in [6.07, 6.45) is 7.68. The van der Waals surface area contributed by atoms with Crippen LogP contribution in [0.3, 0.4) is 0 Å². The van der Waals surface area contributed by atoms with Gasteiger partial charge in [0.15, 0.2) is 5.78 Å². The molecule has 0 aliphatic heterocycles. The number of nitrogen functional groups attached to an aromatic ring is 1. The summed E-state index contributed by atoms with van der Waals surface area (Å²) < 4.78 is 2.05. The number of benzene rings is 1. The van der Waals surface area contributed by atoms with Crippen LogP contribution in [0.25, 0.3) is 11.0 Å². The van der Waals surface area contributed by atoms with Gasteiger partial charge in [0.2, 0.25) is 5.91 Å². The second-order valence-electron chi connectivity index (χ2n) is 6.62. The third-order valence-electron chi connectivity index (χ3n) is 5.01. The molecular formula is C19H19N5O2. The summed E-state index contributed by atoms with van der Waals surface area (Å²) in [7, 11) is 0. The van der Waals surface area contributed by atoms with E-state index in [1.54, 1.807) is 18.2 Å². The molecule has 7 heteroatoms. The number of amides is 1. The maximum absolute atomic E-state index is 13.1. The number of hydrogen-bond donors (Lipinski definition) is 2. The smallest absolute Gasteiger partial charge is 0.248 e. The zero-order chi connectivity index (χ0) is 18.3. The molecule has 1 saturated carbocycles. The lowest BCUT2D eigenvalue weighted by molar-refractivity contribution is 0.1000. The van der Waals surface area contributed by atoms with Crippen LogP contribution in [0.1, 0.15) is 58.0 Å². The first kappa shape index (κ1) is 16.3. The predicted molar refractivity (Wildman–Crippen MR) is 97.8 cm³/mol. The molecule has 3 aromatic rings. The molecule has 0 bridgehead atoms. The summed E-state index contributed by atoms with van der Waals surface area (Å²) in [6, 6.07) is 6.70. The Morgan fingerprint density at radius 3 is 2.58 bits per heavy atom. The van der Waals surface area contributed by atoms with Crippen LogP contribution in [0.5, 0.6) is 0 Å². The number of anilines is 1. The van der Waals surface area contributed by atoms with E-state index >= 15 is 0 Å². The fraction of sp³-hybridized carbons (Fsp3) is 0.263. The van der Waals surface area contributed by atoms with E-state index in [4.69, 9.17) is 11.5 Å². The van der Waals surface area contributed by atoms with Gasteiger partial charge in [-0.1, -0.05) is 25.0 Å². The number of hydrogen-bond acceptors (Lipinski definition) is 5. The second kappa shape index (κ2) is 6.25. The molecule has 1 amide bonds. The topological polar surface area (TPSA) is 117 Å². The predicted octanol–water partition coefficient (Wildman–Crippen LogP) is 2.46. The third kappa shape index (κ3) is 2.61. The maximum atomic E-state index is 13.1. The lowest BCUT2D eigenvalue weighted by Gasteiger charge is -2.12. The first-order valence-electron chi connectivity index (χ1n) is 8.62. The first-order chi connectivity index (χ1) is 12.6. The Labute approximate surface area is 150 Å². The molecule has 0 saturated heterocycles. The fourth-order valence-corrected chi connectivity index (χ4v) is 3.71. The number of aromatic nitrogens is 3. The molecule has 7 nitrogen and oxygen atoms in total. The van der Waals surface area contributed by atoms with Crippen molar-refractivity contribution in [3.05, 3.63) is 53.5 Å². The van der Waals surface area contributed by atoms with Crippen LogP contribution in [0, 0.1) is 0 Å². The van der Waals surface area contributed by atoms with Gasteiger partial charge >= 0.3 is 0 Å². The fourth-order valence-electron chi connectivity index (χ4n) is 3.71. The minimum Gasteiger partial charge on any atom is -0.383 e. The molecule has 132 valence electrons. The Balaban J connectivity index is 1.87. The Morgan fingerprint density at radius 2 is 1.85 bits per heavy atom. The highest BCUT2D eigenvalue weighted by Crippen LogP contribution is 2.35. The first-order valence-corrected chi connectivity index (χ1v) is 8.62. The van der Waals surface area contributed by atoms with Crippen LogP contribution in [0.15, 0.2) is 36.8 Å². The van der Waals surface area contributed by atoms with Crippen molar-refractivity contribution in [3.63, 3.8) is 0 Å². The van der Waals surface area contributed by atoms with E-state index in [2.05, 4.69) is 9.97 Å². The molecule has 1 aliphatic rings. The summed E-state index contributed by atoms with van der Waals surface area (Å²) >= 11 is 0. The van der Waals surface area contributed by atoms with Gasteiger partial charge in [-0.2, -0.15) is 0 Å². The zero-order valence-electron chi connectivity index (χ0n) is 14.2. The average Bonchev–Trinajstić information content (AvgIpc) is 3.29. The van der Waals surface area contributed by atoms with Crippen molar-refractivity contribution in [3.8, 4) is 0 Å².